The maximum absolute atomic E-state index is 13.4. The molecule has 0 fully saturated rings. The summed E-state index contributed by atoms with van der Waals surface area (Å²) >= 11 is 1.42. The first-order valence-corrected chi connectivity index (χ1v) is 12.9. The molecule has 0 bridgehead atoms. The van der Waals surface area contributed by atoms with Crippen LogP contribution in [0.2, 0.25) is 0 Å². The van der Waals surface area contributed by atoms with Crippen molar-refractivity contribution in [3.05, 3.63) is 82.0 Å². The van der Waals surface area contributed by atoms with Crippen molar-refractivity contribution >= 4 is 28.8 Å². The largest absolute Gasteiger partial charge is 0.493 e. The van der Waals surface area contributed by atoms with Crippen LogP contribution < -0.4 is 14.8 Å². The van der Waals surface area contributed by atoms with E-state index < -0.39 is 12.0 Å². The molecule has 0 saturated heterocycles. The lowest BCUT2D eigenvalue weighted by molar-refractivity contribution is -0.143. The van der Waals surface area contributed by atoms with Crippen molar-refractivity contribution < 1.29 is 23.8 Å². The van der Waals surface area contributed by atoms with E-state index in [1.165, 1.54) is 11.8 Å². The molecule has 2 heterocycles. The first kappa shape index (κ1) is 26.3. The second-order valence-corrected chi connectivity index (χ2v) is 9.71. The van der Waals surface area contributed by atoms with Gasteiger partial charge < -0.3 is 24.4 Å². The van der Waals surface area contributed by atoms with E-state index in [2.05, 4.69) is 5.32 Å². The standard InChI is InChI=1S/C28H31N3O5S/c1-17(2)36-27(33)24-18(3)30-28-31(25(24)21-12-9-13-22(34-4)26(21)35-5)20(16-37-28)14-23(32)29-15-19-10-7-6-8-11-19/h6-13,16-17,25H,14-15H2,1-5H3,(H,29,32). The highest BCUT2D eigenvalue weighted by Gasteiger charge is 2.43. The zero-order valence-electron chi connectivity index (χ0n) is 21.6. The number of methoxy groups -OCH3 is 2. The topological polar surface area (TPSA) is 89.5 Å². The molecule has 0 aliphatic carbocycles. The minimum atomic E-state index is -0.619. The molecule has 194 valence electrons. The molecule has 1 unspecified atom stereocenters. The van der Waals surface area contributed by atoms with Gasteiger partial charge in [-0.25, -0.2) is 9.79 Å². The lowest BCUT2D eigenvalue weighted by atomic mass is 9.92. The molecule has 2 aliphatic heterocycles. The van der Waals surface area contributed by atoms with Crippen molar-refractivity contribution in [3.63, 3.8) is 0 Å². The van der Waals surface area contributed by atoms with Crippen molar-refractivity contribution in [2.24, 2.45) is 4.99 Å². The molecule has 2 aromatic carbocycles. The molecule has 2 aromatic rings. The van der Waals surface area contributed by atoms with E-state index in [4.69, 9.17) is 19.2 Å². The number of hydrogen-bond acceptors (Lipinski definition) is 8. The molecule has 4 rings (SSSR count). The minimum Gasteiger partial charge on any atom is -0.493 e. The van der Waals surface area contributed by atoms with Crippen LogP contribution in [-0.4, -0.2) is 42.3 Å². The summed E-state index contributed by atoms with van der Waals surface area (Å²) in [7, 11) is 3.13. The number of ether oxygens (including phenoxy) is 3. The van der Waals surface area contributed by atoms with Crippen molar-refractivity contribution in [3.8, 4) is 11.5 Å². The second-order valence-electron chi connectivity index (χ2n) is 8.87. The molecule has 9 heteroatoms. The predicted octanol–water partition coefficient (Wildman–Crippen LogP) is 4.94. The summed E-state index contributed by atoms with van der Waals surface area (Å²) in [5.41, 5.74) is 3.40. The SMILES string of the molecule is COc1cccc(C2C(C(=O)OC(C)C)=C(C)N=C3SC=C(CC(=O)NCc4ccccc4)N32)c1OC. The number of hydrogen-bond donors (Lipinski definition) is 1. The van der Waals surface area contributed by atoms with E-state index in [0.717, 1.165) is 11.3 Å². The van der Waals surface area contributed by atoms with Crippen LogP contribution in [0.15, 0.2) is 75.9 Å². The Bertz CT molecular complexity index is 1270. The summed E-state index contributed by atoms with van der Waals surface area (Å²) in [6.07, 6.45) is -0.189. The van der Waals surface area contributed by atoms with E-state index in [9.17, 15) is 9.59 Å². The van der Waals surface area contributed by atoms with Crippen LogP contribution in [0.4, 0.5) is 0 Å². The number of carbonyl (C=O) groups excluding carboxylic acids is 2. The summed E-state index contributed by atoms with van der Waals surface area (Å²) < 4.78 is 16.9. The number of amides is 1. The molecule has 1 N–H and O–H groups in total. The average molecular weight is 522 g/mol. The lowest BCUT2D eigenvalue weighted by Gasteiger charge is -2.37. The van der Waals surface area contributed by atoms with Gasteiger partial charge in [0, 0.05) is 17.8 Å². The molecule has 0 radical (unpaired) electrons. The third-order valence-electron chi connectivity index (χ3n) is 5.97. The smallest absolute Gasteiger partial charge is 0.338 e. The average Bonchev–Trinajstić information content (AvgIpc) is 3.27. The third-order valence-corrected chi connectivity index (χ3v) is 6.85. The summed E-state index contributed by atoms with van der Waals surface area (Å²) in [6.45, 7) is 5.84. The fraction of sp³-hybridized carbons (Fsp3) is 0.321. The number of nitrogens with zero attached hydrogens (tertiary/aromatic N) is 2. The van der Waals surface area contributed by atoms with Crippen LogP contribution in [0.1, 0.15) is 44.4 Å². The maximum Gasteiger partial charge on any atom is 0.338 e. The van der Waals surface area contributed by atoms with Gasteiger partial charge in [-0.2, -0.15) is 0 Å². The van der Waals surface area contributed by atoms with Gasteiger partial charge in [0.2, 0.25) is 5.91 Å². The van der Waals surface area contributed by atoms with Crippen LogP contribution in [-0.2, 0) is 20.9 Å². The summed E-state index contributed by atoms with van der Waals surface area (Å²) in [4.78, 5) is 33.0. The van der Waals surface area contributed by atoms with Gasteiger partial charge in [-0.15, -0.1) is 0 Å². The molecule has 37 heavy (non-hydrogen) atoms. The zero-order chi connectivity index (χ0) is 26.5. The van der Waals surface area contributed by atoms with E-state index in [1.54, 1.807) is 41.1 Å². The highest BCUT2D eigenvalue weighted by atomic mass is 32.2. The number of thioether (sulfide) groups is 1. The molecule has 0 saturated carbocycles. The highest BCUT2D eigenvalue weighted by Crippen LogP contribution is 2.48. The van der Waals surface area contributed by atoms with Crippen LogP contribution in [0.25, 0.3) is 0 Å². The van der Waals surface area contributed by atoms with Crippen molar-refractivity contribution in [2.75, 3.05) is 14.2 Å². The van der Waals surface area contributed by atoms with Gasteiger partial charge in [-0.05, 0) is 37.8 Å². The second kappa shape index (κ2) is 11.6. The first-order chi connectivity index (χ1) is 17.8. The van der Waals surface area contributed by atoms with E-state index in [0.29, 0.717) is 40.0 Å². The molecular formula is C28H31N3O5S. The number of benzene rings is 2. The number of aliphatic imine (C=N–C) groups is 1. The Morgan fingerprint density at radius 2 is 1.84 bits per heavy atom. The number of carbonyl (C=O) groups is 2. The monoisotopic (exact) mass is 521 g/mol. The van der Waals surface area contributed by atoms with Crippen LogP contribution in [0.5, 0.6) is 11.5 Å². The summed E-state index contributed by atoms with van der Waals surface area (Å²) in [5, 5.41) is 5.57. The van der Waals surface area contributed by atoms with Crippen LogP contribution in [0, 0.1) is 0 Å². The van der Waals surface area contributed by atoms with Crippen molar-refractivity contribution in [1.82, 2.24) is 10.2 Å². The number of amidine groups is 1. The van der Waals surface area contributed by atoms with E-state index >= 15 is 0 Å². The van der Waals surface area contributed by atoms with Crippen LogP contribution >= 0.6 is 11.8 Å². The fourth-order valence-corrected chi connectivity index (χ4v) is 5.32. The molecule has 8 nitrogen and oxygen atoms in total. The zero-order valence-corrected chi connectivity index (χ0v) is 22.4. The highest BCUT2D eigenvalue weighted by molar-refractivity contribution is 8.16. The van der Waals surface area contributed by atoms with E-state index in [1.807, 2.05) is 52.8 Å². The fourth-order valence-electron chi connectivity index (χ4n) is 4.35. The summed E-state index contributed by atoms with van der Waals surface area (Å²) in [6, 6.07) is 14.7. The maximum atomic E-state index is 13.4. The number of allylic oxidation sites excluding steroid dienone is 1. The number of fused-ring (bicyclic) bond motifs is 1. The third kappa shape index (κ3) is 5.67. The van der Waals surface area contributed by atoms with Gasteiger partial charge in [0.25, 0.3) is 0 Å². The molecule has 1 amide bonds. The Kier molecular flexibility index (Phi) is 8.23. The van der Waals surface area contributed by atoms with Crippen molar-refractivity contribution in [1.29, 1.82) is 0 Å². The Morgan fingerprint density at radius 3 is 2.51 bits per heavy atom. The Labute approximate surface area is 221 Å². The van der Waals surface area contributed by atoms with Crippen LogP contribution in [0.3, 0.4) is 0 Å². The quantitative estimate of drug-likeness (QED) is 0.468. The van der Waals surface area contributed by atoms with Crippen molar-refractivity contribution in [2.45, 2.75) is 45.9 Å². The predicted molar refractivity (Wildman–Crippen MR) is 144 cm³/mol. The number of para-hydroxylation sites is 1. The normalized spacial score (nSPS) is 16.7. The van der Waals surface area contributed by atoms with Gasteiger partial charge in [-0.3, -0.25) is 4.79 Å². The first-order valence-electron chi connectivity index (χ1n) is 12.0. The van der Waals surface area contributed by atoms with Gasteiger partial charge in [0.1, 0.15) is 0 Å². The number of rotatable bonds is 9. The molecule has 0 spiro atoms. The summed E-state index contributed by atoms with van der Waals surface area (Å²) in [5.74, 6) is 0.445. The molecule has 2 aliphatic rings. The van der Waals surface area contributed by atoms with Gasteiger partial charge in [0.15, 0.2) is 16.7 Å². The molecule has 0 aromatic heterocycles. The Hall–Kier alpha value is -3.72. The minimum absolute atomic E-state index is 0.118. The number of esters is 1. The van der Waals surface area contributed by atoms with Gasteiger partial charge in [-0.1, -0.05) is 54.2 Å². The van der Waals surface area contributed by atoms with E-state index in [-0.39, 0.29) is 18.4 Å². The van der Waals surface area contributed by atoms with Gasteiger partial charge >= 0.3 is 5.97 Å². The number of nitrogens with one attached hydrogen (secondary N) is 1. The van der Waals surface area contributed by atoms with Gasteiger partial charge in [0.05, 0.1) is 44.1 Å². The Balaban J connectivity index is 1.70. The molecule has 1 atom stereocenters. The molecular weight excluding hydrogens is 490 g/mol. The lowest BCUT2D eigenvalue weighted by Crippen LogP contribution is -2.38. The Morgan fingerprint density at radius 1 is 1.08 bits per heavy atom.